The number of Topliss-reactive ketones (excluding diaryl/α,β-unsaturated/α-hetero) is 3. The van der Waals surface area contributed by atoms with E-state index in [1.807, 2.05) is 48.5 Å². The molecule has 0 fully saturated rings. The fourth-order valence-electron chi connectivity index (χ4n) is 6.92. The van der Waals surface area contributed by atoms with Crippen molar-refractivity contribution < 1.29 is 14.4 Å². The van der Waals surface area contributed by atoms with Gasteiger partial charge in [-0.05, 0) is 45.7 Å². The van der Waals surface area contributed by atoms with Gasteiger partial charge in [0.15, 0.2) is 17.3 Å². The van der Waals surface area contributed by atoms with Crippen molar-refractivity contribution in [1.29, 1.82) is 0 Å². The molecule has 2 atom stereocenters. The van der Waals surface area contributed by atoms with Gasteiger partial charge in [-0.15, -0.1) is 0 Å². The molecular formula is C29H20O3. The highest BCUT2D eigenvalue weighted by molar-refractivity contribution is 6.18. The lowest BCUT2D eigenvalue weighted by Gasteiger charge is -2.44. The van der Waals surface area contributed by atoms with E-state index in [-0.39, 0.29) is 23.3 Å². The van der Waals surface area contributed by atoms with Crippen LogP contribution in [0.4, 0.5) is 0 Å². The van der Waals surface area contributed by atoms with Crippen LogP contribution in [0.2, 0.25) is 0 Å². The summed E-state index contributed by atoms with van der Waals surface area (Å²) in [5, 5.41) is 0. The molecule has 3 heteroatoms. The molecule has 0 bridgehead atoms. The summed E-state index contributed by atoms with van der Waals surface area (Å²) in [5.74, 6) is 0.218. The first kappa shape index (κ1) is 18.0. The Labute approximate surface area is 185 Å². The molecule has 4 aliphatic rings. The highest BCUT2D eigenvalue weighted by Gasteiger charge is 2.58. The van der Waals surface area contributed by atoms with Crippen LogP contribution in [0.3, 0.4) is 0 Å². The van der Waals surface area contributed by atoms with E-state index >= 15 is 0 Å². The first-order valence-corrected chi connectivity index (χ1v) is 11.3. The van der Waals surface area contributed by atoms with E-state index in [1.165, 1.54) is 5.57 Å². The normalized spacial score (nSPS) is 24.9. The van der Waals surface area contributed by atoms with Gasteiger partial charge in [-0.25, -0.2) is 0 Å². The number of ketones is 3. The number of fused-ring (bicyclic) bond motifs is 3. The van der Waals surface area contributed by atoms with Gasteiger partial charge in [0.1, 0.15) is 0 Å². The van der Waals surface area contributed by atoms with Crippen molar-refractivity contribution in [3.63, 3.8) is 0 Å². The van der Waals surface area contributed by atoms with Gasteiger partial charge < -0.3 is 0 Å². The number of benzene rings is 3. The molecule has 0 heterocycles. The highest BCUT2D eigenvalue weighted by atomic mass is 16.1. The maximum absolute atomic E-state index is 13.5. The van der Waals surface area contributed by atoms with Crippen LogP contribution >= 0.6 is 0 Å². The second kappa shape index (κ2) is 6.01. The lowest BCUT2D eigenvalue weighted by atomic mass is 9.56. The quantitative estimate of drug-likeness (QED) is 0.475. The molecule has 0 amide bonds. The van der Waals surface area contributed by atoms with Crippen molar-refractivity contribution in [1.82, 2.24) is 0 Å². The van der Waals surface area contributed by atoms with E-state index in [9.17, 15) is 14.4 Å². The summed E-state index contributed by atoms with van der Waals surface area (Å²) in [6.07, 6.45) is 1.81. The Balaban J connectivity index is 1.72. The lowest BCUT2D eigenvalue weighted by molar-refractivity contribution is 0.0886. The Hall–Kier alpha value is -3.59. The van der Waals surface area contributed by atoms with Crippen molar-refractivity contribution in [3.05, 3.63) is 106 Å². The predicted octanol–water partition coefficient (Wildman–Crippen LogP) is 5.66. The van der Waals surface area contributed by atoms with Gasteiger partial charge >= 0.3 is 0 Å². The minimum absolute atomic E-state index is 0.101. The van der Waals surface area contributed by atoms with Crippen molar-refractivity contribution in [2.24, 2.45) is 5.92 Å². The second-order valence-corrected chi connectivity index (χ2v) is 9.36. The van der Waals surface area contributed by atoms with Crippen LogP contribution in [0.5, 0.6) is 0 Å². The molecular weight excluding hydrogens is 396 g/mol. The summed E-state index contributed by atoms with van der Waals surface area (Å²) in [6, 6.07) is 21.8. The first-order chi connectivity index (χ1) is 15.6. The van der Waals surface area contributed by atoms with Crippen LogP contribution in [0.1, 0.15) is 79.0 Å². The van der Waals surface area contributed by atoms with Gasteiger partial charge in [0.2, 0.25) is 0 Å². The summed E-state index contributed by atoms with van der Waals surface area (Å²) in [6.45, 7) is 0. The topological polar surface area (TPSA) is 51.2 Å². The smallest absolute Gasteiger partial charge is 0.163 e. The van der Waals surface area contributed by atoms with Crippen molar-refractivity contribution in [2.75, 3.05) is 0 Å². The summed E-state index contributed by atoms with van der Waals surface area (Å²) < 4.78 is 0. The third kappa shape index (κ3) is 1.95. The number of rotatable bonds is 0. The van der Waals surface area contributed by atoms with Crippen LogP contribution in [-0.2, 0) is 5.41 Å². The number of allylic oxidation sites excluding steroid dienone is 2. The maximum atomic E-state index is 13.5. The molecule has 0 saturated carbocycles. The van der Waals surface area contributed by atoms with Crippen LogP contribution in [0, 0.1) is 5.92 Å². The van der Waals surface area contributed by atoms with E-state index in [4.69, 9.17) is 0 Å². The molecule has 0 unspecified atom stereocenters. The molecule has 7 rings (SSSR count). The molecule has 3 aromatic rings. The van der Waals surface area contributed by atoms with Crippen LogP contribution < -0.4 is 0 Å². The lowest BCUT2D eigenvalue weighted by Crippen LogP contribution is -2.42. The van der Waals surface area contributed by atoms with Crippen LogP contribution in [0.25, 0.3) is 11.1 Å². The maximum Gasteiger partial charge on any atom is 0.163 e. The third-order valence-corrected chi connectivity index (χ3v) is 8.01. The first-order valence-electron chi connectivity index (χ1n) is 11.3. The molecule has 0 aromatic heterocycles. The van der Waals surface area contributed by atoms with Gasteiger partial charge in [0.05, 0.1) is 5.41 Å². The third-order valence-electron chi connectivity index (χ3n) is 8.01. The van der Waals surface area contributed by atoms with E-state index in [0.717, 1.165) is 44.5 Å². The average Bonchev–Trinajstić information content (AvgIpc) is 3.06. The van der Waals surface area contributed by atoms with Gasteiger partial charge in [-0.3, -0.25) is 14.4 Å². The molecule has 3 aromatic carbocycles. The van der Waals surface area contributed by atoms with E-state index < -0.39 is 5.41 Å². The SMILES string of the molecule is O=C1C[C@@H]2CC(=O)c3ccccc3[C@]23C(=C2CCC(=O)c4cccc3c42)c2ccccc21. The Morgan fingerprint density at radius 2 is 1.22 bits per heavy atom. The molecule has 154 valence electrons. The zero-order valence-electron chi connectivity index (χ0n) is 17.5. The van der Waals surface area contributed by atoms with Crippen molar-refractivity contribution >= 4 is 28.5 Å². The summed E-state index contributed by atoms with van der Waals surface area (Å²) in [5.41, 5.74) is 8.13. The summed E-state index contributed by atoms with van der Waals surface area (Å²) in [4.78, 5) is 39.6. The zero-order chi connectivity index (χ0) is 21.6. The number of carbonyl (C=O) groups is 3. The van der Waals surface area contributed by atoms with Gasteiger partial charge in [-0.2, -0.15) is 0 Å². The number of hydrogen-bond donors (Lipinski definition) is 0. The Morgan fingerprint density at radius 1 is 0.594 bits per heavy atom. The van der Waals surface area contributed by atoms with E-state index in [0.29, 0.717) is 25.7 Å². The monoisotopic (exact) mass is 416 g/mol. The predicted molar refractivity (Wildman–Crippen MR) is 122 cm³/mol. The Morgan fingerprint density at radius 3 is 2.03 bits per heavy atom. The minimum atomic E-state index is -0.585. The molecule has 0 aliphatic heterocycles. The van der Waals surface area contributed by atoms with E-state index in [1.54, 1.807) is 0 Å². The van der Waals surface area contributed by atoms with Crippen LogP contribution in [0.15, 0.2) is 66.7 Å². The molecule has 0 saturated heterocycles. The Bertz CT molecular complexity index is 1440. The van der Waals surface area contributed by atoms with Crippen molar-refractivity contribution in [2.45, 2.75) is 31.1 Å². The second-order valence-electron chi connectivity index (χ2n) is 9.36. The number of carbonyl (C=O) groups excluding carboxylic acids is 3. The molecule has 32 heavy (non-hydrogen) atoms. The molecule has 0 N–H and O–H groups in total. The zero-order valence-corrected chi connectivity index (χ0v) is 17.5. The van der Waals surface area contributed by atoms with Gasteiger partial charge in [0.25, 0.3) is 0 Å². The van der Waals surface area contributed by atoms with Gasteiger partial charge in [0, 0.05) is 36.0 Å². The largest absolute Gasteiger partial charge is 0.294 e. The fraction of sp³-hybridized carbons (Fsp3) is 0.207. The minimum Gasteiger partial charge on any atom is -0.294 e. The summed E-state index contributed by atoms with van der Waals surface area (Å²) in [7, 11) is 0. The summed E-state index contributed by atoms with van der Waals surface area (Å²) >= 11 is 0. The molecule has 1 spiro atoms. The molecule has 3 nitrogen and oxygen atoms in total. The number of hydrogen-bond acceptors (Lipinski definition) is 3. The van der Waals surface area contributed by atoms with Crippen molar-refractivity contribution in [3.8, 4) is 0 Å². The standard InChI is InChI=1S/C29H20O3/c30-24-13-12-21-27-20(24)9-5-11-23(27)29-16(15-26(32)19-8-3-4-10-22(19)29)14-25(31)17-6-1-2-7-18(17)28(21)29/h1-11,16H,12-15H2/t16-,29-/m1/s1. The fourth-order valence-corrected chi connectivity index (χ4v) is 6.92. The van der Waals surface area contributed by atoms with Crippen LogP contribution in [-0.4, -0.2) is 17.3 Å². The van der Waals surface area contributed by atoms with Gasteiger partial charge in [-0.1, -0.05) is 66.7 Å². The molecule has 4 aliphatic carbocycles. The highest BCUT2D eigenvalue weighted by Crippen LogP contribution is 2.65. The Kier molecular flexibility index (Phi) is 3.38. The average molecular weight is 416 g/mol. The molecule has 0 radical (unpaired) electrons. The van der Waals surface area contributed by atoms with E-state index in [2.05, 4.69) is 18.2 Å².